The highest BCUT2D eigenvalue weighted by Gasteiger charge is 2.31. The van der Waals surface area contributed by atoms with E-state index in [1.807, 2.05) is 28.9 Å². The third kappa shape index (κ3) is 3.39. The van der Waals surface area contributed by atoms with Crippen LogP contribution in [-0.4, -0.2) is 65.4 Å². The third-order valence-electron chi connectivity index (χ3n) is 4.73. The fourth-order valence-corrected chi connectivity index (χ4v) is 3.36. The number of carbonyl (C=O) groups excluding carboxylic acids is 1. The van der Waals surface area contributed by atoms with E-state index in [1.165, 1.54) is 0 Å². The van der Waals surface area contributed by atoms with E-state index in [9.17, 15) is 4.79 Å². The van der Waals surface area contributed by atoms with Crippen molar-refractivity contribution in [2.45, 2.75) is 25.7 Å². The summed E-state index contributed by atoms with van der Waals surface area (Å²) in [5, 5.41) is 4.02. The highest BCUT2D eigenvalue weighted by atomic mass is 16.5. The van der Waals surface area contributed by atoms with Crippen LogP contribution >= 0.6 is 0 Å². The zero-order valence-electron chi connectivity index (χ0n) is 14.3. The number of nitrogens with zero attached hydrogens (tertiary/aromatic N) is 4. The van der Waals surface area contributed by atoms with Crippen LogP contribution in [-0.2, 0) is 4.74 Å². The lowest BCUT2D eigenvalue weighted by Gasteiger charge is -2.36. The first-order valence-corrected chi connectivity index (χ1v) is 8.73. The Labute approximate surface area is 145 Å². The van der Waals surface area contributed by atoms with Gasteiger partial charge in [-0.15, -0.1) is 0 Å². The molecule has 2 aromatic rings. The van der Waals surface area contributed by atoms with Gasteiger partial charge in [0.25, 0.3) is 0 Å². The summed E-state index contributed by atoms with van der Waals surface area (Å²) in [6.45, 7) is 5.78. The molecule has 0 unspecified atom stereocenters. The number of hydrogen-bond donors (Lipinski definition) is 0. The molecule has 0 spiro atoms. The molecule has 0 N–H and O–H groups in total. The molecule has 4 rings (SSSR count). The maximum atomic E-state index is 12.7. The first kappa shape index (κ1) is 16.1. The summed E-state index contributed by atoms with van der Waals surface area (Å²) in [6, 6.07) is 3.78. The molecule has 2 amide bonds. The number of piperidine rings is 1. The molecule has 2 aliphatic rings. The van der Waals surface area contributed by atoms with E-state index in [2.05, 4.69) is 10.1 Å². The number of urea groups is 1. The Hall–Kier alpha value is -2.35. The quantitative estimate of drug-likeness (QED) is 0.829. The van der Waals surface area contributed by atoms with Gasteiger partial charge in [-0.25, -0.2) is 4.79 Å². The van der Waals surface area contributed by atoms with Gasteiger partial charge >= 0.3 is 6.03 Å². The summed E-state index contributed by atoms with van der Waals surface area (Å²) in [7, 11) is 0. The maximum absolute atomic E-state index is 12.7. The minimum atomic E-state index is 0.0658. The van der Waals surface area contributed by atoms with Crippen molar-refractivity contribution >= 4 is 6.03 Å². The predicted octanol–water partition coefficient (Wildman–Crippen LogP) is 2.27. The number of carbonyl (C=O) groups is 1. The van der Waals surface area contributed by atoms with Crippen molar-refractivity contribution in [3.05, 3.63) is 23.8 Å². The number of furan rings is 1. The van der Waals surface area contributed by atoms with Crippen LogP contribution in [0.1, 0.15) is 30.4 Å². The van der Waals surface area contributed by atoms with Gasteiger partial charge < -0.3 is 23.5 Å². The standard InChI is InChI=1S/C17H22N4O4/c1-12-4-5-14(24-12)15-18-16(25-19-15)13-3-2-6-21(11-13)17(22)20-7-9-23-10-8-20/h4-5,13H,2-3,6-11H2,1H3/t13-/m0/s1. The maximum Gasteiger partial charge on any atom is 0.320 e. The molecule has 2 aromatic heterocycles. The second kappa shape index (κ2) is 6.87. The zero-order valence-corrected chi connectivity index (χ0v) is 14.3. The number of aromatic nitrogens is 2. The van der Waals surface area contributed by atoms with Gasteiger partial charge in [0.1, 0.15) is 5.76 Å². The molecule has 0 aliphatic carbocycles. The second-order valence-corrected chi connectivity index (χ2v) is 6.53. The lowest BCUT2D eigenvalue weighted by molar-refractivity contribution is 0.0403. The number of aryl methyl sites for hydroxylation is 1. The number of rotatable bonds is 2. The van der Waals surface area contributed by atoms with Gasteiger partial charge in [-0.3, -0.25) is 0 Å². The normalized spacial score (nSPS) is 21.6. The van der Waals surface area contributed by atoms with Crippen molar-refractivity contribution in [3.8, 4) is 11.6 Å². The summed E-state index contributed by atoms with van der Waals surface area (Å²) in [5.74, 6) is 2.50. The summed E-state index contributed by atoms with van der Waals surface area (Å²) >= 11 is 0. The molecule has 134 valence electrons. The molecule has 8 nitrogen and oxygen atoms in total. The van der Waals surface area contributed by atoms with Crippen LogP contribution in [0.25, 0.3) is 11.6 Å². The highest BCUT2D eigenvalue weighted by molar-refractivity contribution is 5.74. The topological polar surface area (TPSA) is 84.8 Å². The average Bonchev–Trinajstić information content (AvgIpc) is 3.31. The second-order valence-electron chi connectivity index (χ2n) is 6.53. The molecule has 4 heterocycles. The lowest BCUT2D eigenvalue weighted by Crippen LogP contribution is -2.50. The van der Waals surface area contributed by atoms with E-state index in [1.54, 1.807) is 0 Å². The van der Waals surface area contributed by atoms with E-state index in [-0.39, 0.29) is 11.9 Å². The van der Waals surface area contributed by atoms with Crippen LogP contribution in [0.3, 0.4) is 0 Å². The Balaban J connectivity index is 1.44. The Morgan fingerprint density at radius 1 is 1.20 bits per heavy atom. The van der Waals surface area contributed by atoms with Crippen LogP contribution < -0.4 is 0 Å². The number of likely N-dealkylation sites (tertiary alicyclic amines) is 1. The first-order valence-electron chi connectivity index (χ1n) is 8.73. The van der Waals surface area contributed by atoms with Crippen LogP contribution in [0.4, 0.5) is 4.79 Å². The predicted molar refractivity (Wildman–Crippen MR) is 88.1 cm³/mol. The van der Waals surface area contributed by atoms with Gasteiger partial charge in [-0.2, -0.15) is 4.98 Å². The Bertz CT molecular complexity index is 735. The van der Waals surface area contributed by atoms with Crippen LogP contribution in [0.5, 0.6) is 0 Å². The largest absolute Gasteiger partial charge is 0.458 e. The number of hydrogen-bond acceptors (Lipinski definition) is 6. The highest BCUT2D eigenvalue weighted by Crippen LogP contribution is 2.28. The number of morpholine rings is 1. The van der Waals surface area contributed by atoms with Crippen LogP contribution in [0, 0.1) is 6.92 Å². The summed E-state index contributed by atoms with van der Waals surface area (Å²) in [5.41, 5.74) is 0. The first-order chi connectivity index (χ1) is 12.2. The minimum absolute atomic E-state index is 0.0658. The van der Waals surface area contributed by atoms with Crippen molar-refractivity contribution in [1.29, 1.82) is 0 Å². The van der Waals surface area contributed by atoms with Gasteiger partial charge in [-0.1, -0.05) is 5.16 Å². The Morgan fingerprint density at radius 3 is 2.80 bits per heavy atom. The fourth-order valence-electron chi connectivity index (χ4n) is 3.36. The average molecular weight is 346 g/mol. The van der Waals surface area contributed by atoms with E-state index in [0.717, 1.165) is 25.1 Å². The van der Waals surface area contributed by atoms with Gasteiger partial charge in [0, 0.05) is 26.2 Å². The number of ether oxygens (including phenoxy) is 1. The molecule has 8 heteroatoms. The molecular weight excluding hydrogens is 324 g/mol. The summed E-state index contributed by atoms with van der Waals surface area (Å²) in [6.07, 6.45) is 1.87. The van der Waals surface area contributed by atoms with E-state index < -0.39 is 0 Å². The molecule has 0 aromatic carbocycles. The van der Waals surface area contributed by atoms with E-state index in [0.29, 0.717) is 50.3 Å². The molecule has 25 heavy (non-hydrogen) atoms. The molecule has 2 saturated heterocycles. The molecule has 2 aliphatic heterocycles. The van der Waals surface area contributed by atoms with Crippen molar-refractivity contribution in [1.82, 2.24) is 19.9 Å². The molecule has 0 radical (unpaired) electrons. The smallest absolute Gasteiger partial charge is 0.320 e. The molecular formula is C17H22N4O4. The Kier molecular flexibility index (Phi) is 4.44. The monoisotopic (exact) mass is 346 g/mol. The van der Waals surface area contributed by atoms with E-state index in [4.69, 9.17) is 13.7 Å². The number of amides is 2. The lowest BCUT2D eigenvalue weighted by atomic mass is 9.98. The third-order valence-corrected chi connectivity index (χ3v) is 4.73. The van der Waals surface area contributed by atoms with Crippen LogP contribution in [0.15, 0.2) is 21.1 Å². The van der Waals surface area contributed by atoms with Crippen LogP contribution in [0.2, 0.25) is 0 Å². The van der Waals surface area contributed by atoms with Crippen molar-refractivity contribution in [2.75, 3.05) is 39.4 Å². The van der Waals surface area contributed by atoms with Gasteiger partial charge in [0.15, 0.2) is 5.76 Å². The van der Waals surface area contributed by atoms with Gasteiger partial charge in [0.2, 0.25) is 11.7 Å². The van der Waals surface area contributed by atoms with Crippen molar-refractivity contribution < 1.29 is 18.5 Å². The molecule has 2 fully saturated rings. The molecule has 0 bridgehead atoms. The summed E-state index contributed by atoms with van der Waals surface area (Å²) < 4.78 is 16.3. The fraction of sp³-hybridized carbons (Fsp3) is 0.588. The molecule has 1 atom stereocenters. The SMILES string of the molecule is Cc1ccc(-c2noc([C@H]3CCCN(C(=O)N4CCOCC4)C3)n2)o1. The van der Waals surface area contributed by atoms with Crippen molar-refractivity contribution in [2.24, 2.45) is 0 Å². The minimum Gasteiger partial charge on any atom is -0.458 e. The van der Waals surface area contributed by atoms with E-state index >= 15 is 0 Å². The Morgan fingerprint density at radius 2 is 2.04 bits per heavy atom. The van der Waals surface area contributed by atoms with Gasteiger partial charge in [-0.05, 0) is 31.9 Å². The molecule has 0 saturated carbocycles. The zero-order chi connectivity index (χ0) is 17.2. The van der Waals surface area contributed by atoms with Gasteiger partial charge in [0.05, 0.1) is 19.1 Å². The summed E-state index contributed by atoms with van der Waals surface area (Å²) in [4.78, 5) is 20.9. The van der Waals surface area contributed by atoms with Crippen molar-refractivity contribution in [3.63, 3.8) is 0 Å².